The van der Waals surface area contributed by atoms with E-state index in [0.717, 1.165) is 22.0 Å². The molecule has 0 bridgehead atoms. The van der Waals surface area contributed by atoms with Crippen LogP contribution in [0.4, 0.5) is 5.82 Å². The minimum absolute atomic E-state index is 0.0602. The molecule has 0 radical (unpaired) electrons. The molecule has 206 valence electrons. The normalized spacial score (nSPS) is 12.2. The summed E-state index contributed by atoms with van der Waals surface area (Å²) in [6, 6.07) is 24.1. The molecule has 0 saturated heterocycles. The van der Waals surface area contributed by atoms with E-state index in [4.69, 9.17) is 10.7 Å². The fourth-order valence-electron chi connectivity index (χ4n) is 5.60. The van der Waals surface area contributed by atoms with Gasteiger partial charge < -0.3 is 15.6 Å². The maximum Gasteiger partial charge on any atom is 0.266 e. The summed E-state index contributed by atoms with van der Waals surface area (Å²) in [5.74, 6) is -0.0256. The van der Waals surface area contributed by atoms with Crippen LogP contribution in [0.2, 0.25) is 0 Å². The van der Waals surface area contributed by atoms with Crippen LogP contribution in [0.1, 0.15) is 29.1 Å². The molecule has 7 rings (SSSR count). The molecule has 42 heavy (non-hydrogen) atoms. The molecule has 0 spiro atoms. The minimum Gasteiger partial charge on any atom is -0.381 e. The van der Waals surface area contributed by atoms with Crippen LogP contribution >= 0.6 is 0 Å². The second-order valence-corrected chi connectivity index (χ2v) is 10.2. The molecule has 3 N–H and O–H groups in total. The number of para-hydroxylation sites is 2. The summed E-state index contributed by atoms with van der Waals surface area (Å²) in [4.78, 5) is 37.2. The van der Waals surface area contributed by atoms with Crippen molar-refractivity contribution in [3.63, 3.8) is 0 Å². The van der Waals surface area contributed by atoms with Crippen LogP contribution in [-0.2, 0) is 7.05 Å². The zero-order valence-corrected chi connectivity index (χ0v) is 22.9. The third-order valence-electron chi connectivity index (χ3n) is 7.51. The second-order valence-electron chi connectivity index (χ2n) is 10.2. The molecule has 0 unspecified atom stereocenters. The Hall–Kier alpha value is -5.77. The van der Waals surface area contributed by atoms with Gasteiger partial charge in [0.25, 0.3) is 11.5 Å². The first-order valence-electron chi connectivity index (χ1n) is 13.5. The Balaban J connectivity index is 1.41. The number of nitrogens with one attached hydrogen (secondary N) is 1. The molecule has 1 atom stereocenters. The maximum atomic E-state index is 14.5. The zero-order valence-electron chi connectivity index (χ0n) is 22.9. The van der Waals surface area contributed by atoms with Gasteiger partial charge in [0.2, 0.25) is 0 Å². The number of carbonyl (C=O) groups is 1. The number of fused-ring (bicyclic) bond motifs is 3. The fourth-order valence-corrected chi connectivity index (χ4v) is 5.60. The number of hydrogen-bond acceptors (Lipinski definition) is 6. The molecule has 1 amide bonds. The molecule has 0 fully saturated rings. The van der Waals surface area contributed by atoms with Crippen molar-refractivity contribution in [3.05, 3.63) is 119 Å². The predicted molar refractivity (Wildman–Crippen MR) is 163 cm³/mol. The SMILES string of the molecule is C[C@H](NC(=O)c1c(N)nn2cccnc12)c1nc2cccc(-c3cn(C)c4ccccc34)c2c(=O)n1-c1ccccc1. The van der Waals surface area contributed by atoms with Gasteiger partial charge in [0, 0.05) is 42.1 Å². The lowest BCUT2D eigenvalue weighted by atomic mass is 10.0. The van der Waals surface area contributed by atoms with E-state index >= 15 is 0 Å². The first kappa shape index (κ1) is 25.2. The highest BCUT2D eigenvalue weighted by molar-refractivity contribution is 6.05. The Morgan fingerprint density at radius 3 is 2.57 bits per heavy atom. The molecule has 10 nitrogen and oxygen atoms in total. The van der Waals surface area contributed by atoms with E-state index in [1.807, 2.05) is 73.9 Å². The fraction of sp³-hybridized carbons (Fsp3) is 0.0938. The number of aryl methyl sites for hydroxylation is 1. The van der Waals surface area contributed by atoms with Crippen LogP contribution in [0.25, 0.3) is 44.3 Å². The first-order valence-corrected chi connectivity index (χ1v) is 13.5. The number of hydrogen-bond donors (Lipinski definition) is 2. The van der Waals surface area contributed by atoms with E-state index in [2.05, 4.69) is 32.1 Å². The van der Waals surface area contributed by atoms with E-state index < -0.39 is 11.9 Å². The molecule has 3 aromatic carbocycles. The molecule has 0 aliphatic carbocycles. The quantitative estimate of drug-likeness (QED) is 0.319. The Labute approximate surface area is 239 Å². The number of nitrogens with two attached hydrogens (primary N) is 1. The monoisotopic (exact) mass is 554 g/mol. The number of anilines is 1. The average Bonchev–Trinajstić information content (AvgIpc) is 3.53. The number of nitrogen functional groups attached to an aromatic ring is 1. The van der Waals surface area contributed by atoms with Gasteiger partial charge in [0.1, 0.15) is 11.4 Å². The van der Waals surface area contributed by atoms with Crippen molar-refractivity contribution in [2.24, 2.45) is 7.05 Å². The number of aromatic nitrogens is 6. The van der Waals surface area contributed by atoms with Crippen LogP contribution in [0.3, 0.4) is 0 Å². The van der Waals surface area contributed by atoms with Crippen molar-refractivity contribution in [1.29, 1.82) is 0 Å². The molecular weight excluding hydrogens is 528 g/mol. The van der Waals surface area contributed by atoms with Gasteiger partial charge in [-0.1, -0.05) is 48.5 Å². The molecule has 4 heterocycles. The van der Waals surface area contributed by atoms with Crippen molar-refractivity contribution in [3.8, 4) is 16.8 Å². The minimum atomic E-state index is -0.672. The number of amides is 1. The first-order chi connectivity index (χ1) is 20.4. The lowest BCUT2D eigenvalue weighted by molar-refractivity contribution is 0.0940. The number of rotatable bonds is 5. The molecule has 7 aromatic rings. The summed E-state index contributed by atoms with van der Waals surface area (Å²) in [5, 5.41) is 8.70. The third-order valence-corrected chi connectivity index (χ3v) is 7.51. The summed E-state index contributed by atoms with van der Waals surface area (Å²) in [6.07, 6.45) is 5.28. The highest BCUT2D eigenvalue weighted by atomic mass is 16.2. The molecule has 10 heteroatoms. The topological polar surface area (TPSA) is 125 Å². The Kier molecular flexibility index (Phi) is 5.82. The number of benzene rings is 3. The van der Waals surface area contributed by atoms with Gasteiger partial charge in [0.05, 0.1) is 22.6 Å². The van der Waals surface area contributed by atoms with Gasteiger partial charge in [-0.25, -0.2) is 14.5 Å². The summed E-state index contributed by atoms with van der Waals surface area (Å²) in [6.45, 7) is 1.79. The summed E-state index contributed by atoms with van der Waals surface area (Å²) in [7, 11) is 1.99. The van der Waals surface area contributed by atoms with E-state index in [9.17, 15) is 9.59 Å². The van der Waals surface area contributed by atoms with Gasteiger partial charge in [-0.2, -0.15) is 0 Å². The summed E-state index contributed by atoms with van der Waals surface area (Å²) < 4.78 is 5.08. The van der Waals surface area contributed by atoms with Crippen LogP contribution in [-0.4, -0.2) is 34.6 Å². The number of nitrogens with zero attached hydrogens (tertiary/aromatic N) is 6. The molecule has 0 aliphatic rings. The largest absolute Gasteiger partial charge is 0.381 e. The Bertz CT molecular complexity index is 2210. The zero-order chi connectivity index (χ0) is 29.0. The molecule has 0 saturated carbocycles. The molecule has 0 aliphatic heterocycles. The van der Waals surface area contributed by atoms with Crippen LogP contribution in [0, 0.1) is 0 Å². The van der Waals surface area contributed by atoms with Crippen molar-refractivity contribution < 1.29 is 4.79 Å². The van der Waals surface area contributed by atoms with Gasteiger partial charge in [-0.3, -0.25) is 14.2 Å². The van der Waals surface area contributed by atoms with Crippen LogP contribution in [0.15, 0.2) is 102 Å². The molecule has 4 aromatic heterocycles. The predicted octanol–water partition coefficient (Wildman–Crippen LogP) is 4.66. The smallest absolute Gasteiger partial charge is 0.266 e. The standard InChI is InChI=1S/C32H26N8O2/c1-19(35-31(41)27-28(33)37-39-17-9-16-34-30(27)39)29-36-24-14-8-13-22(23-18-38(2)25-15-7-6-12-21(23)25)26(24)32(42)40(29)20-10-4-3-5-11-20/h3-19H,1-2H3,(H2,33,37)(H,35,41)/t19-/m0/s1. The van der Waals surface area contributed by atoms with Crippen molar-refractivity contribution in [2.45, 2.75) is 13.0 Å². The van der Waals surface area contributed by atoms with E-state index in [1.54, 1.807) is 30.0 Å². The summed E-state index contributed by atoms with van der Waals surface area (Å²) in [5.41, 5.74) is 10.3. The van der Waals surface area contributed by atoms with Crippen LogP contribution in [0.5, 0.6) is 0 Å². The average molecular weight is 555 g/mol. The highest BCUT2D eigenvalue weighted by Crippen LogP contribution is 2.34. The maximum absolute atomic E-state index is 14.5. The second kappa shape index (κ2) is 9.70. The van der Waals surface area contributed by atoms with Crippen molar-refractivity contribution in [1.82, 2.24) is 34.0 Å². The van der Waals surface area contributed by atoms with E-state index in [0.29, 0.717) is 28.1 Å². The molecular formula is C32H26N8O2. The van der Waals surface area contributed by atoms with Gasteiger partial charge >= 0.3 is 0 Å². The number of carbonyl (C=O) groups excluding carboxylic acids is 1. The summed E-state index contributed by atoms with van der Waals surface area (Å²) >= 11 is 0. The van der Waals surface area contributed by atoms with Crippen LogP contribution < -0.4 is 16.6 Å². The highest BCUT2D eigenvalue weighted by Gasteiger charge is 2.25. The Morgan fingerprint density at radius 1 is 0.952 bits per heavy atom. The third kappa shape index (κ3) is 3.92. The van der Waals surface area contributed by atoms with E-state index in [1.165, 1.54) is 4.52 Å². The van der Waals surface area contributed by atoms with Gasteiger partial charge in [-0.05, 0) is 42.8 Å². The Morgan fingerprint density at radius 2 is 1.74 bits per heavy atom. The van der Waals surface area contributed by atoms with Crippen molar-refractivity contribution in [2.75, 3.05) is 5.73 Å². The van der Waals surface area contributed by atoms with Crippen molar-refractivity contribution >= 4 is 39.2 Å². The lowest BCUT2D eigenvalue weighted by Gasteiger charge is -2.20. The van der Waals surface area contributed by atoms with Gasteiger partial charge in [0.15, 0.2) is 11.5 Å². The van der Waals surface area contributed by atoms with E-state index in [-0.39, 0.29) is 16.9 Å². The lowest BCUT2D eigenvalue weighted by Crippen LogP contribution is -2.33. The van der Waals surface area contributed by atoms with Gasteiger partial charge in [-0.15, -0.1) is 5.10 Å².